The molecule has 0 aromatic heterocycles. The molecule has 3 nitrogen and oxygen atoms in total. The van der Waals surface area contributed by atoms with Gasteiger partial charge in [0, 0.05) is 13.1 Å². The highest BCUT2D eigenvalue weighted by Crippen LogP contribution is 2.14. The van der Waals surface area contributed by atoms with E-state index < -0.39 is 0 Å². The number of ether oxygens (including phenoxy) is 1. The van der Waals surface area contributed by atoms with Gasteiger partial charge in [0.1, 0.15) is 6.61 Å². The van der Waals surface area contributed by atoms with E-state index in [0.29, 0.717) is 6.61 Å². The van der Waals surface area contributed by atoms with E-state index in [-0.39, 0.29) is 12.1 Å². The first-order chi connectivity index (χ1) is 10.2. The van der Waals surface area contributed by atoms with Gasteiger partial charge >= 0.3 is 6.09 Å². The Kier molecular flexibility index (Phi) is 8.56. The van der Waals surface area contributed by atoms with Gasteiger partial charge in [0.05, 0.1) is 0 Å². The van der Waals surface area contributed by atoms with Crippen LogP contribution in [0.4, 0.5) is 4.79 Å². The van der Waals surface area contributed by atoms with Gasteiger partial charge in [0.15, 0.2) is 0 Å². The Balaban J connectivity index is 2.36. The molecule has 0 bridgehead atoms. The first kappa shape index (κ1) is 17.5. The van der Waals surface area contributed by atoms with Gasteiger partial charge in [-0.2, -0.15) is 0 Å². The summed E-state index contributed by atoms with van der Waals surface area (Å²) in [5.41, 5.74) is 1.02. The normalized spacial score (nSPS) is 12.0. The summed E-state index contributed by atoms with van der Waals surface area (Å²) in [6, 6.07) is 10.1. The lowest BCUT2D eigenvalue weighted by Crippen LogP contribution is -2.37. The number of hydrogen-bond donors (Lipinski definition) is 0. The molecule has 1 rings (SSSR count). The lowest BCUT2D eigenvalue weighted by Gasteiger charge is -2.26. The fourth-order valence-corrected chi connectivity index (χ4v) is 2.45. The molecule has 118 valence electrons. The summed E-state index contributed by atoms with van der Waals surface area (Å²) in [5, 5.41) is 0. The Morgan fingerprint density at radius 2 is 1.86 bits per heavy atom. The van der Waals surface area contributed by atoms with E-state index in [1.807, 2.05) is 37.4 Å². The van der Waals surface area contributed by atoms with Gasteiger partial charge in [0.2, 0.25) is 0 Å². The number of rotatable bonds is 9. The highest BCUT2D eigenvalue weighted by atomic mass is 16.6. The molecule has 1 amide bonds. The minimum absolute atomic E-state index is 0.221. The third kappa shape index (κ3) is 6.65. The molecule has 3 heteroatoms. The SMILES string of the molecule is CCCCCCC(CC)N(C)C(=O)OCc1ccccc1. The number of carbonyl (C=O) groups excluding carboxylic acids is 1. The molecule has 21 heavy (non-hydrogen) atoms. The van der Waals surface area contributed by atoms with Crippen molar-refractivity contribution in [2.75, 3.05) is 7.05 Å². The van der Waals surface area contributed by atoms with Crippen molar-refractivity contribution in [1.82, 2.24) is 4.90 Å². The Labute approximate surface area is 129 Å². The van der Waals surface area contributed by atoms with Crippen LogP contribution in [0.1, 0.15) is 57.9 Å². The van der Waals surface area contributed by atoms with E-state index in [9.17, 15) is 4.79 Å². The Hall–Kier alpha value is -1.51. The molecule has 0 aliphatic rings. The Morgan fingerprint density at radius 3 is 2.48 bits per heavy atom. The van der Waals surface area contributed by atoms with Crippen molar-refractivity contribution in [2.45, 2.75) is 65.0 Å². The molecule has 1 aromatic rings. The predicted molar refractivity (Wildman–Crippen MR) is 87.2 cm³/mol. The molecule has 0 aliphatic carbocycles. The van der Waals surface area contributed by atoms with Crippen molar-refractivity contribution >= 4 is 6.09 Å². The average molecular weight is 291 g/mol. The van der Waals surface area contributed by atoms with Gasteiger partial charge in [-0.1, -0.05) is 69.9 Å². The number of nitrogens with zero attached hydrogens (tertiary/aromatic N) is 1. The summed E-state index contributed by atoms with van der Waals surface area (Å²) in [4.78, 5) is 13.9. The lowest BCUT2D eigenvalue weighted by molar-refractivity contribution is 0.0880. The molecule has 1 atom stereocenters. The van der Waals surface area contributed by atoms with Crippen LogP contribution >= 0.6 is 0 Å². The van der Waals surface area contributed by atoms with Crippen LogP contribution in [0.2, 0.25) is 0 Å². The predicted octanol–water partition coefficient (Wildman–Crippen LogP) is 5.00. The van der Waals surface area contributed by atoms with Crippen LogP contribution in [0.25, 0.3) is 0 Å². The van der Waals surface area contributed by atoms with Gasteiger partial charge in [-0.25, -0.2) is 4.79 Å². The highest BCUT2D eigenvalue weighted by molar-refractivity contribution is 5.67. The van der Waals surface area contributed by atoms with E-state index in [4.69, 9.17) is 4.74 Å². The van der Waals surface area contributed by atoms with Gasteiger partial charge < -0.3 is 9.64 Å². The molecule has 0 N–H and O–H groups in total. The number of amides is 1. The zero-order chi connectivity index (χ0) is 15.5. The van der Waals surface area contributed by atoms with Crippen molar-refractivity contribution < 1.29 is 9.53 Å². The summed E-state index contributed by atoms with van der Waals surface area (Å²) in [6.07, 6.45) is 6.77. The molecule has 1 aromatic carbocycles. The molecular weight excluding hydrogens is 262 g/mol. The van der Waals surface area contributed by atoms with Crippen molar-refractivity contribution in [2.24, 2.45) is 0 Å². The molecule has 0 fully saturated rings. The van der Waals surface area contributed by atoms with Crippen LogP contribution in [-0.2, 0) is 11.3 Å². The number of carbonyl (C=O) groups is 1. The number of hydrogen-bond acceptors (Lipinski definition) is 2. The second-order valence-electron chi connectivity index (χ2n) is 5.56. The standard InChI is InChI=1S/C18H29NO2/c1-4-6-7-11-14-17(5-2)19(3)18(20)21-15-16-12-9-8-10-13-16/h8-10,12-13,17H,4-7,11,14-15H2,1-3H3. The van der Waals surface area contributed by atoms with Crippen molar-refractivity contribution in [3.63, 3.8) is 0 Å². The van der Waals surface area contributed by atoms with Crippen LogP contribution in [0.5, 0.6) is 0 Å². The first-order valence-corrected chi connectivity index (χ1v) is 8.12. The average Bonchev–Trinajstić information content (AvgIpc) is 2.53. The minimum Gasteiger partial charge on any atom is -0.445 e. The summed E-state index contributed by atoms with van der Waals surface area (Å²) >= 11 is 0. The second-order valence-corrected chi connectivity index (χ2v) is 5.56. The molecule has 0 heterocycles. The van der Waals surface area contributed by atoms with Crippen LogP contribution in [0.15, 0.2) is 30.3 Å². The fourth-order valence-electron chi connectivity index (χ4n) is 2.45. The van der Waals surface area contributed by atoms with Crippen molar-refractivity contribution in [1.29, 1.82) is 0 Å². The van der Waals surface area contributed by atoms with E-state index in [1.54, 1.807) is 4.90 Å². The molecule has 0 saturated carbocycles. The van der Waals surface area contributed by atoms with Gasteiger partial charge in [-0.05, 0) is 18.4 Å². The topological polar surface area (TPSA) is 29.5 Å². The van der Waals surface area contributed by atoms with Crippen molar-refractivity contribution in [3.05, 3.63) is 35.9 Å². The third-order valence-electron chi connectivity index (χ3n) is 3.90. The van der Waals surface area contributed by atoms with Gasteiger partial charge in [0.25, 0.3) is 0 Å². The highest BCUT2D eigenvalue weighted by Gasteiger charge is 2.19. The minimum atomic E-state index is -0.221. The maximum Gasteiger partial charge on any atom is 0.410 e. The monoisotopic (exact) mass is 291 g/mol. The first-order valence-electron chi connectivity index (χ1n) is 8.12. The van der Waals surface area contributed by atoms with Crippen molar-refractivity contribution in [3.8, 4) is 0 Å². The van der Waals surface area contributed by atoms with E-state index >= 15 is 0 Å². The fraction of sp³-hybridized carbons (Fsp3) is 0.611. The molecule has 0 aliphatic heterocycles. The van der Waals surface area contributed by atoms with Crippen LogP contribution in [0, 0.1) is 0 Å². The summed E-state index contributed by atoms with van der Waals surface area (Å²) in [6.45, 7) is 4.69. The van der Waals surface area contributed by atoms with E-state index in [0.717, 1.165) is 18.4 Å². The largest absolute Gasteiger partial charge is 0.445 e. The quantitative estimate of drug-likeness (QED) is 0.599. The maximum atomic E-state index is 12.1. The molecule has 0 spiro atoms. The van der Waals surface area contributed by atoms with E-state index in [1.165, 1.54) is 25.7 Å². The molecule has 0 radical (unpaired) electrons. The second kappa shape index (κ2) is 10.3. The summed E-state index contributed by atoms with van der Waals surface area (Å²) < 4.78 is 5.39. The Bertz CT molecular complexity index is 391. The summed E-state index contributed by atoms with van der Waals surface area (Å²) in [7, 11) is 1.85. The van der Waals surface area contributed by atoms with Crippen LogP contribution < -0.4 is 0 Å². The smallest absolute Gasteiger partial charge is 0.410 e. The lowest BCUT2D eigenvalue weighted by atomic mass is 10.0. The Morgan fingerprint density at radius 1 is 1.14 bits per heavy atom. The van der Waals surface area contributed by atoms with E-state index in [2.05, 4.69) is 13.8 Å². The zero-order valence-electron chi connectivity index (χ0n) is 13.7. The molecule has 0 saturated heterocycles. The van der Waals surface area contributed by atoms with Crippen LogP contribution in [0.3, 0.4) is 0 Å². The van der Waals surface area contributed by atoms with Gasteiger partial charge in [-0.3, -0.25) is 0 Å². The number of unbranched alkanes of at least 4 members (excludes halogenated alkanes) is 3. The zero-order valence-corrected chi connectivity index (χ0v) is 13.7. The molecular formula is C18H29NO2. The third-order valence-corrected chi connectivity index (χ3v) is 3.90. The maximum absolute atomic E-state index is 12.1. The number of benzene rings is 1. The molecule has 1 unspecified atom stereocenters. The van der Waals surface area contributed by atoms with Gasteiger partial charge in [-0.15, -0.1) is 0 Å². The summed E-state index contributed by atoms with van der Waals surface area (Å²) in [5.74, 6) is 0. The van der Waals surface area contributed by atoms with Crippen LogP contribution in [-0.4, -0.2) is 24.1 Å².